The number of hydrogen-bond acceptors (Lipinski definition) is 7. The third kappa shape index (κ3) is 9.25. The average Bonchev–Trinajstić information content (AvgIpc) is 2.75. The van der Waals surface area contributed by atoms with Crippen LogP contribution in [0.5, 0.6) is 11.5 Å². The molecule has 0 radical (unpaired) electrons. The van der Waals surface area contributed by atoms with Gasteiger partial charge in [0.1, 0.15) is 11.5 Å². The Morgan fingerprint density at radius 2 is 1.27 bits per heavy atom. The van der Waals surface area contributed by atoms with E-state index < -0.39 is 14.5 Å². The number of rotatable bonds is 15. The summed E-state index contributed by atoms with van der Waals surface area (Å²) in [5.41, 5.74) is 0. The van der Waals surface area contributed by atoms with Gasteiger partial charge in [0, 0.05) is 12.3 Å². The predicted octanol–water partition coefficient (Wildman–Crippen LogP) is 6.54. The molecule has 0 aliphatic rings. The standard InChI is InChI=1S/C20H29NO6P2S/c1-3-16-24-29(23,25-17-4-2)30-18-15-21-28(22,26-19-11-7-5-8-12-19)27-20-13-9-6-10-14-20/h5-14H,3-4,15-18H2,1-2H3,(H,21,22). The molecule has 2 aromatic carbocycles. The van der Waals surface area contributed by atoms with Crippen LogP contribution in [-0.4, -0.2) is 25.5 Å². The Balaban J connectivity index is 1.99. The lowest BCUT2D eigenvalue weighted by molar-refractivity contribution is 0.220. The summed E-state index contributed by atoms with van der Waals surface area (Å²) in [6.45, 7) is 1.55. The molecule has 7 nitrogen and oxygen atoms in total. The zero-order valence-electron chi connectivity index (χ0n) is 17.3. The highest BCUT2D eigenvalue weighted by molar-refractivity contribution is 8.55. The van der Waals surface area contributed by atoms with Gasteiger partial charge in [0.25, 0.3) is 0 Å². The van der Waals surface area contributed by atoms with Crippen LogP contribution < -0.4 is 14.1 Å². The summed E-state index contributed by atoms with van der Waals surface area (Å²) in [5.74, 6) is 1.17. The maximum absolute atomic E-state index is 13.3. The molecular weight excluding hydrogens is 444 g/mol. The van der Waals surface area contributed by atoms with Crippen molar-refractivity contribution in [2.45, 2.75) is 26.7 Å². The average molecular weight is 473 g/mol. The highest BCUT2D eigenvalue weighted by Gasteiger charge is 2.30. The van der Waals surface area contributed by atoms with Crippen molar-refractivity contribution < 1.29 is 27.2 Å². The fourth-order valence-corrected chi connectivity index (χ4v) is 6.98. The topological polar surface area (TPSA) is 83.1 Å². The number of benzene rings is 2. The first kappa shape index (κ1) is 25.0. The van der Waals surface area contributed by atoms with E-state index in [4.69, 9.17) is 18.1 Å². The summed E-state index contributed by atoms with van der Waals surface area (Å²) < 4.78 is 48.3. The van der Waals surface area contributed by atoms with E-state index in [0.717, 1.165) is 24.2 Å². The Bertz CT molecular complexity index is 767. The molecule has 2 aromatic rings. The van der Waals surface area contributed by atoms with Gasteiger partial charge in [-0.05, 0) is 48.5 Å². The fraction of sp³-hybridized carbons (Fsp3) is 0.400. The summed E-state index contributed by atoms with van der Waals surface area (Å²) in [6, 6.07) is 17.6. The molecule has 0 spiro atoms. The van der Waals surface area contributed by atoms with E-state index in [1.54, 1.807) is 48.5 Å². The predicted molar refractivity (Wildman–Crippen MR) is 122 cm³/mol. The molecule has 0 bridgehead atoms. The van der Waals surface area contributed by atoms with Gasteiger partial charge in [-0.2, -0.15) is 0 Å². The normalized spacial score (nSPS) is 11.9. The summed E-state index contributed by atoms with van der Waals surface area (Å²) in [5, 5.41) is 2.84. The van der Waals surface area contributed by atoms with Crippen LogP contribution in [0.25, 0.3) is 0 Å². The zero-order chi connectivity index (χ0) is 21.7. The van der Waals surface area contributed by atoms with Gasteiger partial charge in [-0.3, -0.25) is 0 Å². The molecule has 166 valence electrons. The lowest BCUT2D eigenvalue weighted by Gasteiger charge is -2.21. The fourth-order valence-electron chi connectivity index (χ4n) is 2.18. The van der Waals surface area contributed by atoms with Crippen LogP contribution in [0.3, 0.4) is 0 Å². The van der Waals surface area contributed by atoms with Crippen molar-refractivity contribution in [2.75, 3.05) is 25.5 Å². The molecule has 0 heterocycles. The molecule has 0 fully saturated rings. The molecule has 1 N–H and O–H groups in total. The van der Waals surface area contributed by atoms with Crippen molar-refractivity contribution in [1.29, 1.82) is 0 Å². The van der Waals surface area contributed by atoms with Crippen LogP contribution >= 0.6 is 25.9 Å². The second-order valence-corrected chi connectivity index (χ2v) is 12.0. The number of para-hydroxylation sites is 2. The quantitative estimate of drug-likeness (QED) is 0.231. The second kappa shape index (κ2) is 13.2. The van der Waals surface area contributed by atoms with Crippen molar-refractivity contribution in [1.82, 2.24) is 5.09 Å². The van der Waals surface area contributed by atoms with Crippen LogP contribution in [-0.2, 0) is 18.2 Å². The van der Waals surface area contributed by atoms with Crippen LogP contribution in [0.1, 0.15) is 26.7 Å². The van der Waals surface area contributed by atoms with Gasteiger partial charge in [-0.15, -0.1) is 0 Å². The Hall–Kier alpha value is -1.27. The van der Waals surface area contributed by atoms with Gasteiger partial charge in [0.15, 0.2) is 0 Å². The van der Waals surface area contributed by atoms with E-state index >= 15 is 0 Å². The minimum absolute atomic E-state index is 0.219. The van der Waals surface area contributed by atoms with Crippen molar-refractivity contribution in [2.24, 2.45) is 0 Å². The van der Waals surface area contributed by atoms with Crippen LogP contribution in [0.2, 0.25) is 0 Å². The molecule has 30 heavy (non-hydrogen) atoms. The first-order valence-corrected chi connectivity index (χ1v) is 14.5. The first-order valence-electron chi connectivity index (χ1n) is 9.87. The minimum Gasteiger partial charge on any atom is -0.405 e. The van der Waals surface area contributed by atoms with E-state index in [1.807, 2.05) is 26.0 Å². The van der Waals surface area contributed by atoms with Gasteiger partial charge in [-0.25, -0.2) is 14.2 Å². The SMILES string of the molecule is CCCOP(=O)(OCCC)SCCNP(=O)(Oc1ccccc1)Oc1ccccc1. The number of nitrogens with one attached hydrogen (secondary N) is 1. The monoisotopic (exact) mass is 473 g/mol. The summed E-state index contributed by atoms with van der Waals surface area (Å²) in [4.78, 5) is 0. The summed E-state index contributed by atoms with van der Waals surface area (Å²) in [6.07, 6.45) is 1.48. The van der Waals surface area contributed by atoms with Crippen LogP contribution in [0, 0.1) is 0 Å². The van der Waals surface area contributed by atoms with Gasteiger partial charge in [-0.1, -0.05) is 50.2 Å². The van der Waals surface area contributed by atoms with E-state index in [-0.39, 0.29) is 6.54 Å². The van der Waals surface area contributed by atoms with Gasteiger partial charge < -0.3 is 18.1 Å². The molecule has 0 aromatic heterocycles. The highest BCUT2D eigenvalue weighted by Crippen LogP contribution is 2.60. The Kier molecular flexibility index (Phi) is 11.0. The molecule has 0 atom stereocenters. The highest BCUT2D eigenvalue weighted by atomic mass is 32.7. The van der Waals surface area contributed by atoms with Crippen molar-refractivity contribution in [3.8, 4) is 11.5 Å². The molecule has 0 aliphatic carbocycles. The minimum atomic E-state index is -3.72. The number of hydrogen-bond donors (Lipinski definition) is 1. The largest absolute Gasteiger partial charge is 0.512 e. The van der Waals surface area contributed by atoms with Gasteiger partial charge >= 0.3 is 14.5 Å². The Morgan fingerprint density at radius 1 is 0.800 bits per heavy atom. The molecule has 0 amide bonds. The zero-order valence-corrected chi connectivity index (χ0v) is 19.9. The van der Waals surface area contributed by atoms with Gasteiger partial charge in [0.2, 0.25) is 0 Å². The Morgan fingerprint density at radius 3 is 1.70 bits per heavy atom. The molecule has 0 aliphatic heterocycles. The smallest absolute Gasteiger partial charge is 0.405 e. The maximum Gasteiger partial charge on any atom is 0.512 e. The van der Waals surface area contributed by atoms with Crippen LogP contribution in [0.4, 0.5) is 0 Å². The molecular formula is C20H29NO6P2S. The van der Waals surface area contributed by atoms with Crippen molar-refractivity contribution >= 4 is 25.9 Å². The molecule has 0 unspecified atom stereocenters. The van der Waals surface area contributed by atoms with Crippen LogP contribution in [0.15, 0.2) is 60.7 Å². The lowest BCUT2D eigenvalue weighted by Crippen LogP contribution is -2.21. The van der Waals surface area contributed by atoms with Gasteiger partial charge in [0.05, 0.1) is 13.2 Å². The first-order chi connectivity index (χ1) is 14.5. The third-order valence-corrected chi connectivity index (χ3v) is 8.84. The second-order valence-electron chi connectivity index (χ2n) is 6.16. The Labute approximate surface area is 182 Å². The summed E-state index contributed by atoms with van der Waals surface area (Å²) in [7, 11) is -3.72. The molecule has 0 saturated heterocycles. The van der Waals surface area contributed by atoms with E-state index in [0.29, 0.717) is 30.5 Å². The lowest BCUT2D eigenvalue weighted by atomic mass is 10.3. The third-order valence-electron chi connectivity index (χ3n) is 3.50. The maximum atomic E-state index is 13.3. The van der Waals surface area contributed by atoms with Crippen molar-refractivity contribution in [3.63, 3.8) is 0 Å². The molecule has 0 saturated carbocycles. The van der Waals surface area contributed by atoms with E-state index in [2.05, 4.69) is 5.09 Å². The van der Waals surface area contributed by atoms with E-state index in [9.17, 15) is 9.13 Å². The molecule has 10 heteroatoms. The summed E-state index contributed by atoms with van der Waals surface area (Å²) >= 11 is 1.07. The van der Waals surface area contributed by atoms with E-state index in [1.165, 1.54) is 0 Å². The molecule has 2 rings (SSSR count). The van der Waals surface area contributed by atoms with Crippen molar-refractivity contribution in [3.05, 3.63) is 60.7 Å².